The summed E-state index contributed by atoms with van der Waals surface area (Å²) < 4.78 is 0. The van der Waals surface area contributed by atoms with Crippen LogP contribution in [0.3, 0.4) is 0 Å². The van der Waals surface area contributed by atoms with Crippen molar-refractivity contribution in [3.63, 3.8) is 0 Å². The summed E-state index contributed by atoms with van der Waals surface area (Å²) in [5.74, 6) is 0.161. The van der Waals surface area contributed by atoms with Crippen LogP contribution in [-0.2, 0) is 24.2 Å². The molecule has 2 rings (SSSR count). The smallest absolute Gasteiger partial charge is 0.226 e. The second-order valence-corrected chi connectivity index (χ2v) is 4.49. The number of hydrogen-bond acceptors (Lipinski definition) is 2. The lowest BCUT2D eigenvalue weighted by atomic mass is 9.97. The van der Waals surface area contributed by atoms with Crippen molar-refractivity contribution in [2.45, 2.75) is 19.4 Å². The number of nitrogens with one attached hydrogen (secondary N) is 1. The van der Waals surface area contributed by atoms with E-state index in [1.54, 1.807) is 19.0 Å². The molecule has 1 aliphatic heterocycles. The monoisotopic (exact) mass is 218 g/mol. The quantitative estimate of drug-likeness (QED) is 0.802. The van der Waals surface area contributed by atoms with Crippen molar-refractivity contribution in [3.05, 3.63) is 34.9 Å². The lowest BCUT2D eigenvalue weighted by Gasteiger charge is -2.18. The van der Waals surface area contributed by atoms with Gasteiger partial charge in [0.1, 0.15) is 0 Å². The van der Waals surface area contributed by atoms with E-state index < -0.39 is 0 Å². The number of amides is 1. The van der Waals surface area contributed by atoms with Crippen molar-refractivity contribution in [2.75, 3.05) is 20.6 Å². The number of rotatable bonds is 2. The molecular formula is C13H18N2O. The number of benzene rings is 1. The molecule has 0 aliphatic carbocycles. The van der Waals surface area contributed by atoms with Gasteiger partial charge in [0.2, 0.25) is 5.91 Å². The van der Waals surface area contributed by atoms with E-state index in [1.807, 2.05) is 0 Å². The minimum atomic E-state index is 0.161. The Balaban J connectivity index is 2.14. The van der Waals surface area contributed by atoms with Gasteiger partial charge in [-0.15, -0.1) is 0 Å². The van der Waals surface area contributed by atoms with Gasteiger partial charge in [-0.3, -0.25) is 4.79 Å². The summed E-state index contributed by atoms with van der Waals surface area (Å²) in [6, 6.07) is 6.38. The molecule has 0 unspecified atom stereocenters. The van der Waals surface area contributed by atoms with E-state index in [4.69, 9.17) is 0 Å². The normalized spacial score (nSPS) is 14.4. The molecule has 1 aromatic rings. The summed E-state index contributed by atoms with van der Waals surface area (Å²) in [6.45, 7) is 2.00. The van der Waals surface area contributed by atoms with Gasteiger partial charge < -0.3 is 10.2 Å². The predicted octanol–water partition coefficient (Wildman–Crippen LogP) is 0.963. The molecule has 0 saturated carbocycles. The molecule has 0 atom stereocenters. The molecule has 3 nitrogen and oxygen atoms in total. The first-order chi connectivity index (χ1) is 7.66. The van der Waals surface area contributed by atoms with Crippen molar-refractivity contribution >= 4 is 5.91 Å². The van der Waals surface area contributed by atoms with Crippen LogP contribution in [0, 0.1) is 0 Å². The van der Waals surface area contributed by atoms with Gasteiger partial charge in [-0.25, -0.2) is 0 Å². The van der Waals surface area contributed by atoms with E-state index >= 15 is 0 Å². The van der Waals surface area contributed by atoms with Gasteiger partial charge in [-0.05, 0) is 29.7 Å². The molecule has 1 amide bonds. The maximum Gasteiger partial charge on any atom is 0.226 e. The van der Waals surface area contributed by atoms with Crippen LogP contribution in [-0.4, -0.2) is 31.4 Å². The van der Waals surface area contributed by atoms with Gasteiger partial charge in [0.25, 0.3) is 0 Å². The average Bonchev–Trinajstić information content (AvgIpc) is 2.28. The summed E-state index contributed by atoms with van der Waals surface area (Å²) >= 11 is 0. The van der Waals surface area contributed by atoms with Crippen molar-refractivity contribution in [3.8, 4) is 0 Å². The molecule has 0 radical (unpaired) electrons. The number of nitrogens with zero attached hydrogens (tertiary/aromatic N) is 1. The molecule has 0 fully saturated rings. The Morgan fingerprint density at radius 3 is 2.94 bits per heavy atom. The van der Waals surface area contributed by atoms with Crippen LogP contribution in [0.5, 0.6) is 0 Å². The Kier molecular flexibility index (Phi) is 3.25. The highest BCUT2D eigenvalue weighted by atomic mass is 16.2. The molecule has 16 heavy (non-hydrogen) atoms. The Hall–Kier alpha value is -1.35. The molecule has 1 heterocycles. The summed E-state index contributed by atoms with van der Waals surface area (Å²) in [5.41, 5.74) is 3.88. The van der Waals surface area contributed by atoms with Crippen molar-refractivity contribution in [1.82, 2.24) is 10.2 Å². The van der Waals surface area contributed by atoms with Crippen LogP contribution in [0.1, 0.15) is 16.7 Å². The fourth-order valence-corrected chi connectivity index (χ4v) is 1.97. The average molecular weight is 218 g/mol. The zero-order chi connectivity index (χ0) is 11.5. The number of carbonyl (C=O) groups is 1. The van der Waals surface area contributed by atoms with E-state index in [9.17, 15) is 4.79 Å². The fraction of sp³-hybridized carbons (Fsp3) is 0.462. The minimum absolute atomic E-state index is 0.161. The molecule has 3 heteroatoms. The molecular weight excluding hydrogens is 200 g/mol. The third-order valence-electron chi connectivity index (χ3n) is 3.01. The van der Waals surface area contributed by atoms with E-state index in [0.717, 1.165) is 25.1 Å². The molecule has 1 aromatic carbocycles. The van der Waals surface area contributed by atoms with Crippen LogP contribution in [0.2, 0.25) is 0 Å². The van der Waals surface area contributed by atoms with Crippen LogP contribution in [0.4, 0.5) is 0 Å². The van der Waals surface area contributed by atoms with Gasteiger partial charge in [0.15, 0.2) is 0 Å². The molecule has 0 spiro atoms. The second-order valence-electron chi connectivity index (χ2n) is 4.49. The molecule has 86 valence electrons. The maximum atomic E-state index is 11.6. The second kappa shape index (κ2) is 4.66. The van der Waals surface area contributed by atoms with Gasteiger partial charge in [0, 0.05) is 20.6 Å². The standard InChI is InChI=1S/C13H18N2O/c1-15(2)13(16)8-10-3-4-12-9-14-6-5-11(12)7-10/h3-4,7,14H,5-6,8-9H2,1-2H3. The van der Waals surface area contributed by atoms with Crippen molar-refractivity contribution in [2.24, 2.45) is 0 Å². The van der Waals surface area contributed by atoms with Gasteiger partial charge in [-0.2, -0.15) is 0 Å². The zero-order valence-corrected chi connectivity index (χ0v) is 9.92. The molecule has 1 N–H and O–H groups in total. The third-order valence-corrected chi connectivity index (χ3v) is 3.01. The summed E-state index contributed by atoms with van der Waals surface area (Å²) in [7, 11) is 3.59. The van der Waals surface area contributed by atoms with Crippen molar-refractivity contribution < 1.29 is 4.79 Å². The highest BCUT2D eigenvalue weighted by molar-refractivity contribution is 5.78. The highest BCUT2D eigenvalue weighted by Crippen LogP contribution is 2.16. The highest BCUT2D eigenvalue weighted by Gasteiger charge is 2.11. The van der Waals surface area contributed by atoms with Gasteiger partial charge in [0.05, 0.1) is 6.42 Å². The Morgan fingerprint density at radius 2 is 2.19 bits per heavy atom. The third kappa shape index (κ3) is 2.42. The van der Waals surface area contributed by atoms with E-state index in [2.05, 4.69) is 23.5 Å². The van der Waals surface area contributed by atoms with Crippen LogP contribution < -0.4 is 5.32 Å². The number of fused-ring (bicyclic) bond motifs is 1. The first-order valence-corrected chi connectivity index (χ1v) is 5.68. The lowest BCUT2D eigenvalue weighted by molar-refractivity contribution is -0.127. The summed E-state index contributed by atoms with van der Waals surface area (Å²) in [5, 5.41) is 3.34. The Morgan fingerprint density at radius 1 is 1.38 bits per heavy atom. The molecule has 1 aliphatic rings. The van der Waals surface area contributed by atoms with E-state index in [1.165, 1.54) is 11.1 Å². The first-order valence-electron chi connectivity index (χ1n) is 5.68. The lowest BCUT2D eigenvalue weighted by Crippen LogP contribution is -2.25. The van der Waals surface area contributed by atoms with Crippen LogP contribution in [0.15, 0.2) is 18.2 Å². The van der Waals surface area contributed by atoms with Gasteiger partial charge in [-0.1, -0.05) is 18.2 Å². The van der Waals surface area contributed by atoms with E-state index in [-0.39, 0.29) is 5.91 Å². The van der Waals surface area contributed by atoms with E-state index in [0.29, 0.717) is 6.42 Å². The summed E-state index contributed by atoms with van der Waals surface area (Å²) in [4.78, 5) is 13.2. The zero-order valence-electron chi connectivity index (χ0n) is 9.92. The summed E-state index contributed by atoms with van der Waals surface area (Å²) in [6.07, 6.45) is 1.58. The molecule has 0 bridgehead atoms. The Bertz CT molecular complexity index is 399. The number of likely N-dealkylation sites (N-methyl/N-ethyl adjacent to an activating group) is 1. The largest absolute Gasteiger partial charge is 0.349 e. The van der Waals surface area contributed by atoms with Crippen molar-refractivity contribution in [1.29, 1.82) is 0 Å². The van der Waals surface area contributed by atoms with Crippen LogP contribution >= 0.6 is 0 Å². The maximum absolute atomic E-state index is 11.6. The van der Waals surface area contributed by atoms with Crippen LogP contribution in [0.25, 0.3) is 0 Å². The first kappa shape index (κ1) is 11.1. The number of hydrogen-bond donors (Lipinski definition) is 1. The topological polar surface area (TPSA) is 32.3 Å². The SMILES string of the molecule is CN(C)C(=O)Cc1ccc2c(c1)CCNC2. The molecule has 0 saturated heterocycles. The predicted molar refractivity (Wildman–Crippen MR) is 64.3 cm³/mol. The van der Waals surface area contributed by atoms with Gasteiger partial charge >= 0.3 is 0 Å². The Labute approximate surface area is 96.5 Å². The minimum Gasteiger partial charge on any atom is -0.349 e. The number of carbonyl (C=O) groups excluding carboxylic acids is 1. The fourth-order valence-electron chi connectivity index (χ4n) is 1.97. The molecule has 0 aromatic heterocycles.